The van der Waals surface area contributed by atoms with Crippen molar-refractivity contribution >= 4 is 51.0 Å². The first kappa shape index (κ1) is 29.0. The van der Waals surface area contributed by atoms with Gasteiger partial charge in [0, 0.05) is 38.6 Å². The Bertz CT molecular complexity index is 1580. The molecule has 0 aliphatic carbocycles. The van der Waals surface area contributed by atoms with Gasteiger partial charge in [-0.3, -0.25) is 9.59 Å². The molecule has 3 aromatic rings. The maximum Gasteiger partial charge on any atom is 0.349 e. The molecule has 1 spiro atoms. The normalized spacial score (nSPS) is 21.7. The number of carbonyl (C=O) groups excluding carboxylic acids is 3. The molecule has 11 heteroatoms. The van der Waals surface area contributed by atoms with Crippen LogP contribution < -0.4 is 15.4 Å². The van der Waals surface area contributed by atoms with Crippen molar-refractivity contribution in [1.82, 2.24) is 5.32 Å². The van der Waals surface area contributed by atoms with E-state index in [0.717, 1.165) is 18.2 Å². The molecule has 0 radical (unpaired) electrons. The number of rotatable bonds is 6. The molecule has 41 heavy (non-hydrogen) atoms. The molecule has 214 valence electrons. The second kappa shape index (κ2) is 10.7. The van der Waals surface area contributed by atoms with Gasteiger partial charge in [0.2, 0.25) is 11.8 Å². The van der Waals surface area contributed by atoms with Crippen LogP contribution in [0.15, 0.2) is 59.1 Å². The van der Waals surface area contributed by atoms with Gasteiger partial charge in [-0.2, -0.15) is 0 Å². The number of amides is 2. The zero-order valence-electron chi connectivity index (χ0n) is 22.3. The maximum atomic E-state index is 15.4. The summed E-state index contributed by atoms with van der Waals surface area (Å²) >= 11 is 9.72. The van der Waals surface area contributed by atoms with E-state index in [0.29, 0.717) is 26.3 Å². The third-order valence-corrected chi connectivity index (χ3v) is 8.23. The van der Waals surface area contributed by atoms with Gasteiger partial charge in [0.25, 0.3) is 0 Å². The Balaban J connectivity index is 1.78. The molecule has 2 amide bonds. The number of anilines is 1. The molecule has 3 unspecified atom stereocenters. The van der Waals surface area contributed by atoms with Crippen LogP contribution >= 0.6 is 27.5 Å². The molecule has 2 aliphatic rings. The standard InChI is InChI=1S/C30H26BrClF2N2O5/c1-4-40-28(39)29(2,3)41-24-10-5-15(31)11-18(24)21-14-25(37)36-26(19-13-17(33)7-9-22(19)34)30(21)20-8-6-16(32)12-23(20)35-27(30)38/h5-13,21,26H,4,14H2,1-3H3,(H,35,38)(H,36,37). The lowest BCUT2D eigenvalue weighted by Crippen LogP contribution is -2.57. The summed E-state index contributed by atoms with van der Waals surface area (Å²) in [5, 5.41) is 5.97. The van der Waals surface area contributed by atoms with Crippen molar-refractivity contribution < 1.29 is 32.6 Å². The number of esters is 1. The highest BCUT2D eigenvalue weighted by Crippen LogP contribution is 2.59. The van der Waals surface area contributed by atoms with Gasteiger partial charge in [-0.05, 0) is 74.9 Å². The van der Waals surface area contributed by atoms with Gasteiger partial charge < -0.3 is 20.1 Å². The van der Waals surface area contributed by atoms with Crippen LogP contribution in [0.4, 0.5) is 14.5 Å². The van der Waals surface area contributed by atoms with E-state index < -0.39 is 52.4 Å². The van der Waals surface area contributed by atoms with Gasteiger partial charge in [0.15, 0.2) is 5.60 Å². The lowest BCUT2D eigenvalue weighted by atomic mass is 9.59. The summed E-state index contributed by atoms with van der Waals surface area (Å²) < 4.78 is 41.9. The molecule has 2 N–H and O–H groups in total. The van der Waals surface area contributed by atoms with Crippen molar-refractivity contribution in [2.45, 2.75) is 50.2 Å². The zero-order chi connectivity index (χ0) is 29.7. The molecule has 1 saturated heterocycles. The van der Waals surface area contributed by atoms with Crippen LogP contribution in [-0.4, -0.2) is 30.0 Å². The number of carbonyl (C=O) groups is 3. The van der Waals surface area contributed by atoms with Gasteiger partial charge in [-0.1, -0.05) is 33.6 Å². The summed E-state index contributed by atoms with van der Waals surface area (Å²) in [6.45, 7) is 4.91. The predicted molar refractivity (Wildman–Crippen MR) is 152 cm³/mol. The minimum Gasteiger partial charge on any atom is -0.476 e. The number of hydrogen-bond acceptors (Lipinski definition) is 5. The number of benzene rings is 3. The third-order valence-electron chi connectivity index (χ3n) is 7.50. The minimum absolute atomic E-state index is 0.144. The summed E-state index contributed by atoms with van der Waals surface area (Å²) in [7, 11) is 0. The summed E-state index contributed by atoms with van der Waals surface area (Å²) in [4.78, 5) is 40.2. The van der Waals surface area contributed by atoms with E-state index in [1.165, 1.54) is 0 Å². The quantitative estimate of drug-likeness (QED) is 0.305. The van der Waals surface area contributed by atoms with E-state index in [-0.39, 0.29) is 24.3 Å². The van der Waals surface area contributed by atoms with Crippen molar-refractivity contribution in [1.29, 1.82) is 0 Å². The average Bonchev–Trinajstić information content (AvgIpc) is 3.18. The number of hydrogen-bond donors (Lipinski definition) is 2. The first-order valence-electron chi connectivity index (χ1n) is 12.9. The smallest absolute Gasteiger partial charge is 0.349 e. The lowest BCUT2D eigenvalue weighted by molar-refractivity contribution is -0.158. The molecule has 2 aliphatic heterocycles. The van der Waals surface area contributed by atoms with Gasteiger partial charge in [-0.15, -0.1) is 0 Å². The van der Waals surface area contributed by atoms with E-state index >= 15 is 4.39 Å². The van der Waals surface area contributed by atoms with Crippen LogP contribution in [0, 0.1) is 11.6 Å². The Labute approximate surface area is 248 Å². The fourth-order valence-electron chi connectivity index (χ4n) is 5.76. The molecule has 3 aromatic carbocycles. The second-order valence-electron chi connectivity index (χ2n) is 10.5. The van der Waals surface area contributed by atoms with Crippen molar-refractivity contribution in [2.24, 2.45) is 0 Å². The summed E-state index contributed by atoms with van der Waals surface area (Å²) in [5.74, 6) is -3.88. The van der Waals surface area contributed by atoms with E-state index in [4.69, 9.17) is 21.1 Å². The molecule has 5 rings (SSSR count). The lowest BCUT2D eigenvalue weighted by Gasteiger charge is -2.46. The second-order valence-corrected chi connectivity index (χ2v) is 11.8. The number of nitrogens with one attached hydrogen (secondary N) is 2. The number of fused-ring (bicyclic) bond motifs is 2. The molecule has 0 bridgehead atoms. The van der Waals surface area contributed by atoms with Gasteiger partial charge in [0.1, 0.15) is 22.8 Å². The molecule has 7 nitrogen and oxygen atoms in total. The van der Waals surface area contributed by atoms with Crippen molar-refractivity contribution in [3.05, 3.63) is 92.4 Å². The van der Waals surface area contributed by atoms with Crippen molar-refractivity contribution in [3.63, 3.8) is 0 Å². The number of halogens is 4. The first-order valence-corrected chi connectivity index (χ1v) is 14.1. The SMILES string of the molecule is CCOC(=O)C(C)(C)Oc1ccc(Br)cc1C1CC(=O)NC(c2cc(F)ccc2F)C12C(=O)Nc1cc(Cl)ccc12. The summed E-state index contributed by atoms with van der Waals surface area (Å²) in [6, 6.07) is 11.4. The maximum absolute atomic E-state index is 15.4. The van der Waals surface area contributed by atoms with Gasteiger partial charge >= 0.3 is 5.97 Å². The van der Waals surface area contributed by atoms with Crippen molar-refractivity contribution in [2.75, 3.05) is 11.9 Å². The van der Waals surface area contributed by atoms with Crippen LogP contribution in [-0.2, 0) is 24.5 Å². The molecular weight excluding hydrogens is 622 g/mol. The third kappa shape index (κ3) is 4.97. The molecule has 1 fully saturated rings. The van der Waals surface area contributed by atoms with Crippen LogP contribution in [0.2, 0.25) is 5.02 Å². The van der Waals surface area contributed by atoms with Crippen LogP contribution in [0.5, 0.6) is 5.75 Å². The van der Waals surface area contributed by atoms with Gasteiger partial charge in [0.05, 0.1) is 12.6 Å². The zero-order valence-corrected chi connectivity index (χ0v) is 24.7. The molecule has 0 aromatic heterocycles. The Kier molecular flexibility index (Phi) is 7.59. The van der Waals surface area contributed by atoms with E-state index in [1.807, 2.05) is 0 Å². The minimum atomic E-state index is -1.66. The van der Waals surface area contributed by atoms with Crippen LogP contribution in [0.3, 0.4) is 0 Å². The van der Waals surface area contributed by atoms with E-state index in [9.17, 15) is 18.8 Å². The largest absolute Gasteiger partial charge is 0.476 e. The van der Waals surface area contributed by atoms with Crippen LogP contribution in [0.1, 0.15) is 55.8 Å². The fourth-order valence-corrected chi connectivity index (χ4v) is 6.31. The molecule has 2 heterocycles. The average molecular weight is 648 g/mol. The Morgan fingerprint density at radius 3 is 2.59 bits per heavy atom. The monoisotopic (exact) mass is 646 g/mol. The number of piperidine rings is 1. The highest BCUT2D eigenvalue weighted by atomic mass is 79.9. The predicted octanol–water partition coefficient (Wildman–Crippen LogP) is 6.34. The van der Waals surface area contributed by atoms with E-state index in [1.54, 1.807) is 57.2 Å². The highest BCUT2D eigenvalue weighted by Gasteiger charge is 2.62. The summed E-state index contributed by atoms with van der Waals surface area (Å²) in [6.07, 6.45) is -0.199. The molecular formula is C30H26BrClF2N2O5. The molecule has 3 atom stereocenters. The Morgan fingerprint density at radius 2 is 1.85 bits per heavy atom. The van der Waals surface area contributed by atoms with E-state index in [2.05, 4.69) is 26.6 Å². The Morgan fingerprint density at radius 1 is 1.10 bits per heavy atom. The summed E-state index contributed by atoms with van der Waals surface area (Å²) in [5.41, 5.74) is -2.04. The molecule has 0 saturated carbocycles. The topological polar surface area (TPSA) is 93.7 Å². The number of ether oxygens (including phenoxy) is 2. The Hall–Kier alpha value is -3.50. The van der Waals surface area contributed by atoms with Crippen molar-refractivity contribution in [3.8, 4) is 5.75 Å². The van der Waals surface area contributed by atoms with Gasteiger partial charge in [-0.25, -0.2) is 13.6 Å². The fraction of sp³-hybridized carbons (Fsp3) is 0.300. The van der Waals surface area contributed by atoms with Crippen LogP contribution in [0.25, 0.3) is 0 Å². The first-order chi connectivity index (χ1) is 19.4. The highest BCUT2D eigenvalue weighted by molar-refractivity contribution is 9.10.